The molecule has 2 aliphatic heterocycles. The molecule has 1 N–H and O–H groups in total. The van der Waals surface area contributed by atoms with Crippen LogP contribution in [0, 0.1) is 0 Å². The highest BCUT2D eigenvalue weighted by Crippen LogP contribution is 2.67. The van der Waals surface area contributed by atoms with E-state index >= 15 is 0 Å². The Bertz CT molecular complexity index is 760. The van der Waals surface area contributed by atoms with Gasteiger partial charge in [0.2, 0.25) is 0 Å². The zero-order valence-electron chi connectivity index (χ0n) is 10.8. The van der Waals surface area contributed by atoms with Gasteiger partial charge in [0, 0.05) is 23.2 Å². The number of H-pyrrole nitrogens is 1. The largest absolute Gasteiger partial charge is 0.698 e. The van der Waals surface area contributed by atoms with Crippen molar-refractivity contribution in [2.24, 2.45) is 0 Å². The summed E-state index contributed by atoms with van der Waals surface area (Å²) in [7, 11) is -2.25. The second kappa shape index (κ2) is 4.02. The van der Waals surface area contributed by atoms with Crippen molar-refractivity contribution in [3.05, 3.63) is 33.1 Å². The van der Waals surface area contributed by atoms with Gasteiger partial charge in [-0.05, 0) is 6.92 Å². The third-order valence-corrected chi connectivity index (χ3v) is 5.36. The van der Waals surface area contributed by atoms with Crippen LogP contribution in [0.3, 0.4) is 0 Å². The number of halogens is 1. The Morgan fingerprint density at radius 2 is 2.24 bits per heavy atom. The van der Waals surface area contributed by atoms with Gasteiger partial charge >= 0.3 is 13.9 Å². The first-order chi connectivity index (χ1) is 9.84. The van der Waals surface area contributed by atoms with Gasteiger partial charge in [-0.1, -0.05) is 0 Å². The first-order valence-corrected chi connectivity index (χ1v) is 7.81. The van der Waals surface area contributed by atoms with E-state index < -0.39 is 42.3 Å². The average Bonchev–Trinajstić information content (AvgIpc) is 3.04. The number of hydrogen-bond donors (Lipinski definition) is 1. The summed E-state index contributed by atoms with van der Waals surface area (Å²) in [5.41, 5.74) is -1.91. The highest BCUT2D eigenvalue weighted by atomic mass is 35.5. The predicted molar refractivity (Wildman–Crippen MR) is 70.4 cm³/mol. The van der Waals surface area contributed by atoms with Gasteiger partial charge in [-0.3, -0.25) is 14.3 Å². The van der Waals surface area contributed by atoms with Gasteiger partial charge in [0.15, 0.2) is 18.4 Å². The lowest BCUT2D eigenvalue weighted by molar-refractivity contribution is -0.0683. The van der Waals surface area contributed by atoms with Gasteiger partial charge in [-0.25, -0.2) is 4.79 Å². The second-order valence-corrected chi connectivity index (χ2v) is 7.28. The zero-order valence-corrected chi connectivity index (χ0v) is 12.5. The molecule has 3 heterocycles. The summed E-state index contributed by atoms with van der Waals surface area (Å²) < 4.78 is 29.2. The number of nitrogens with one attached hydrogen (secondary N) is 1. The monoisotopic (exact) mass is 333 g/mol. The maximum Gasteiger partial charge on any atom is 0.698 e. The summed E-state index contributed by atoms with van der Waals surface area (Å²) in [4.78, 5) is 24.1. The number of alkyl halides is 1. The Labute approximate surface area is 123 Å². The lowest BCUT2D eigenvalue weighted by Gasteiger charge is -2.26. The molecule has 3 fully saturated rings. The van der Waals surface area contributed by atoms with Gasteiger partial charge in [-0.2, -0.15) is 0 Å². The van der Waals surface area contributed by atoms with Crippen LogP contribution in [0.2, 0.25) is 0 Å². The molecule has 10 heteroatoms. The molecule has 0 amide bonds. The van der Waals surface area contributed by atoms with Crippen LogP contribution in [0.4, 0.5) is 0 Å². The summed E-state index contributed by atoms with van der Waals surface area (Å²) in [5, 5.41) is 0. The van der Waals surface area contributed by atoms with Crippen molar-refractivity contribution in [1.82, 2.24) is 9.55 Å². The van der Waals surface area contributed by atoms with Crippen molar-refractivity contribution in [3.63, 3.8) is 0 Å². The van der Waals surface area contributed by atoms with E-state index in [1.54, 1.807) is 6.92 Å². The van der Waals surface area contributed by atoms with E-state index in [-0.39, 0.29) is 6.10 Å². The van der Waals surface area contributed by atoms with E-state index in [2.05, 4.69) is 4.98 Å². The van der Waals surface area contributed by atoms with Crippen LogP contribution < -0.4 is 11.2 Å². The molecule has 1 aliphatic carbocycles. The molecule has 6 atom stereocenters. The zero-order chi connectivity index (χ0) is 15.0. The van der Waals surface area contributed by atoms with E-state index in [0.717, 1.165) is 0 Å². The molecule has 6 unspecified atom stereocenters. The molecular weight excluding hydrogens is 323 g/mol. The molecule has 112 valence electrons. The summed E-state index contributed by atoms with van der Waals surface area (Å²) in [5.74, 6) is 0. The number of hydrogen-bond acceptors (Lipinski definition) is 6. The Morgan fingerprint density at radius 3 is 2.95 bits per heavy atom. The summed E-state index contributed by atoms with van der Waals surface area (Å²) in [6.45, 7) is 1.65. The smallest absolute Gasteiger partial charge is 0.343 e. The summed E-state index contributed by atoms with van der Waals surface area (Å²) in [6, 6.07) is 1.21. The molecule has 1 saturated carbocycles. The molecule has 0 radical (unpaired) electrons. The first kappa shape index (κ1) is 13.6. The van der Waals surface area contributed by atoms with Crippen LogP contribution in [0.15, 0.2) is 21.9 Å². The fourth-order valence-electron chi connectivity index (χ4n) is 3.10. The van der Waals surface area contributed by atoms with E-state index in [0.29, 0.717) is 6.42 Å². The molecule has 4 rings (SSSR count). The van der Waals surface area contributed by atoms with Crippen LogP contribution in [0.25, 0.3) is 0 Å². The number of ether oxygens (including phenoxy) is 1. The standard InChI is InChI=1S/C11H10ClN2O6P/c1-10(12)7-11(4-5(11)19-21(17)20-7)18-8(10)14-3-2-6(15)13-9(14)16/h2-3,5,7-8H,4H2,1H3/p+1. The average molecular weight is 334 g/mol. The molecular formula is C11H11ClN2O6P+. The van der Waals surface area contributed by atoms with Crippen LogP contribution in [0.1, 0.15) is 19.6 Å². The number of nitrogens with zero attached hydrogens (tertiary/aromatic N) is 1. The van der Waals surface area contributed by atoms with E-state index in [9.17, 15) is 14.2 Å². The minimum atomic E-state index is -2.25. The van der Waals surface area contributed by atoms with Crippen LogP contribution >= 0.6 is 19.9 Å². The highest BCUT2D eigenvalue weighted by Gasteiger charge is 2.81. The van der Waals surface area contributed by atoms with Gasteiger partial charge in [0.1, 0.15) is 10.5 Å². The van der Waals surface area contributed by atoms with Gasteiger partial charge < -0.3 is 4.74 Å². The maximum absolute atomic E-state index is 11.9. The molecule has 3 aliphatic rings. The molecule has 1 aromatic rings. The Hall–Kier alpha value is -1.05. The lowest BCUT2D eigenvalue weighted by Crippen LogP contribution is -2.45. The molecule has 8 nitrogen and oxygen atoms in total. The quantitative estimate of drug-likeness (QED) is 0.598. The Kier molecular flexibility index (Phi) is 2.61. The fraction of sp³-hybridized carbons (Fsp3) is 0.636. The van der Waals surface area contributed by atoms with Crippen molar-refractivity contribution in [2.75, 3.05) is 0 Å². The topological polar surface area (TPSA) is 99.6 Å². The predicted octanol–water partition coefficient (Wildman–Crippen LogP) is 0.647. The Balaban J connectivity index is 1.80. The van der Waals surface area contributed by atoms with Crippen molar-refractivity contribution in [3.8, 4) is 0 Å². The van der Waals surface area contributed by atoms with Crippen molar-refractivity contribution >= 4 is 19.9 Å². The van der Waals surface area contributed by atoms with Crippen molar-refractivity contribution in [1.29, 1.82) is 0 Å². The first-order valence-electron chi connectivity index (χ1n) is 6.33. The Morgan fingerprint density at radius 1 is 1.48 bits per heavy atom. The van der Waals surface area contributed by atoms with E-state index in [4.69, 9.17) is 25.4 Å². The third kappa shape index (κ3) is 1.74. The SMILES string of the molecule is CC1(Cl)C(n2ccc(=O)[nH]c2=O)OC23CC2O[P+](=O)OC13. The van der Waals surface area contributed by atoms with E-state index in [1.165, 1.54) is 16.8 Å². The van der Waals surface area contributed by atoms with Crippen LogP contribution in [-0.2, 0) is 18.3 Å². The highest BCUT2D eigenvalue weighted by molar-refractivity contribution is 7.33. The summed E-state index contributed by atoms with van der Waals surface area (Å²) in [6.07, 6.45) is -0.0307. The third-order valence-electron chi connectivity index (χ3n) is 4.17. The van der Waals surface area contributed by atoms with Gasteiger partial charge in [-0.15, -0.1) is 20.6 Å². The molecule has 1 spiro atoms. The molecule has 2 saturated heterocycles. The number of aromatic amines is 1. The lowest BCUT2D eigenvalue weighted by atomic mass is 9.99. The number of rotatable bonds is 1. The molecule has 0 aromatic carbocycles. The van der Waals surface area contributed by atoms with Crippen LogP contribution in [0.5, 0.6) is 0 Å². The molecule has 1 aromatic heterocycles. The minimum Gasteiger partial charge on any atom is -0.343 e. The fourth-order valence-corrected chi connectivity index (χ4v) is 4.62. The number of aromatic nitrogens is 2. The molecule has 0 bridgehead atoms. The van der Waals surface area contributed by atoms with Gasteiger partial charge in [0.25, 0.3) is 5.56 Å². The second-order valence-electron chi connectivity index (χ2n) is 5.60. The van der Waals surface area contributed by atoms with E-state index in [1.807, 2.05) is 0 Å². The minimum absolute atomic E-state index is 0.346. The maximum atomic E-state index is 11.9. The van der Waals surface area contributed by atoms with Crippen LogP contribution in [-0.4, -0.2) is 32.2 Å². The summed E-state index contributed by atoms with van der Waals surface area (Å²) >= 11 is 6.55. The van der Waals surface area contributed by atoms with Crippen molar-refractivity contribution < 1.29 is 18.3 Å². The van der Waals surface area contributed by atoms with Gasteiger partial charge in [0.05, 0.1) is 0 Å². The van der Waals surface area contributed by atoms with Crippen molar-refractivity contribution in [2.45, 2.75) is 42.3 Å². The molecule has 21 heavy (non-hydrogen) atoms. The normalized spacial score (nSPS) is 46.0.